The van der Waals surface area contributed by atoms with Crippen LogP contribution in [0.1, 0.15) is 66.8 Å². The van der Waals surface area contributed by atoms with E-state index in [9.17, 15) is 31.5 Å². The number of nitrogens with one attached hydrogen (secondary N) is 1. The fraction of sp³-hybridized carbons (Fsp3) is 0.483. The van der Waals surface area contributed by atoms with E-state index in [4.69, 9.17) is 9.47 Å². The fourth-order valence-electron chi connectivity index (χ4n) is 4.34. The second kappa shape index (κ2) is 12.6. The molecule has 1 fully saturated rings. The summed E-state index contributed by atoms with van der Waals surface area (Å²) in [6, 6.07) is 3.74. The molecule has 3 aromatic rings. The Balaban J connectivity index is 1.53. The van der Waals surface area contributed by atoms with Crippen LogP contribution in [0.3, 0.4) is 0 Å². The first-order chi connectivity index (χ1) is 20.4. The molecule has 9 nitrogen and oxygen atoms in total. The highest BCUT2D eigenvalue weighted by molar-refractivity contribution is 7.14. The van der Waals surface area contributed by atoms with Crippen LogP contribution in [0.5, 0.6) is 5.75 Å². The number of hydrogen-bond acceptors (Lipinski definition) is 8. The predicted molar refractivity (Wildman–Crippen MR) is 152 cm³/mol. The van der Waals surface area contributed by atoms with Crippen molar-refractivity contribution in [2.24, 2.45) is 5.92 Å². The van der Waals surface area contributed by atoms with E-state index >= 15 is 0 Å². The quantitative estimate of drug-likeness (QED) is 0.287. The van der Waals surface area contributed by atoms with Gasteiger partial charge in [-0.25, -0.2) is 28.5 Å². The van der Waals surface area contributed by atoms with E-state index < -0.39 is 60.5 Å². The summed E-state index contributed by atoms with van der Waals surface area (Å²) in [6.45, 7) is 7.57. The first-order valence-electron chi connectivity index (χ1n) is 13.7. The maximum absolute atomic E-state index is 14.9. The van der Waals surface area contributed by atoms with Gasteiger partial charge in [-0.2, -0.15) is 13.2 Å². The van der Waals surface area contributed by atoms with Crippen molar-refractivity contribution in [3.63, 3.8) is 0 Å². The molecule has 1 aliphatic rings. The molecule has 0 radical (unpaired) electrons. The molecule has 0 aliphatic carbocycles. The van der Waals surface area contributed by atoms with E-state index in [1.807, 2.05) is 6.92 Å². The van der Waals surface area contributed by atoms with E-state index in [0.29, 0.717) is 10.6 Å². The van der Waals surface area contributed by atoms with Crippen LogP contribution in [0, 0.1) is 12.8 Å². The van der Waals surface area contributed by atoms with Crippen molar-refractivity contribution in [1.29, 1.82) is 0 Å². The topological polar surface area (TPSA) is 107 Å². The van der Waals surface area contributed by atoms with Gasteiger partial charge >= 0.3 is 12.3 Å². The number of ether oxygens (including phenoxy) is 2. The lowest BCUT2D eigenvalue weighted by molar-refractivity contribution is -0.145. The third kappa shape index (κ3) is 8.39. The minimum absolute atomic E-state index is 0.107. The van der Waals surface area contributed by atoms with Gasteiger partial charge in [0, 0.05) is 59.7 Å². The van der Waals surface area contributed by atoms with Crippen molar-refractivity contribution < 1.29 is 41.0 Å². The smallest absolute Gasteiger partial charge is 0.451 e. The molecule has 1 saturated heterocycles. The van der Waals surface area contributed by atoms with Gasteiger partial charge in [0.2, 0.25) is 5.82 Å². The molecule has 3 heterocycles. The van der Waals surface area contributed by atoms with Gasteiger partial charge < -0.3 is 19.7 Å². The number of carbonyl (C=O) groups is 2. The highest BCUT2D eigenvalue weighted by Gasteiger charge is 2.46. The third-order valence-electron chi connectivity index (χ3n) is 6.67. The Morgan fingerprint density at radius 2 is 1.80 bits per heavy atom. The van der Waals surface area contributed by atoms with Crippen LogP contribution in [0.4, 0.5) is 26.7 Å². The monoisotopic (exact) mass is 641 g/mol. The molecule has 0 saturated carbocycles. The number of rotatable bonds is 7. The van der Waals surface area contributed by atoms with Crippen LogP contribution in [-0.2, 0) is 10.9 Å². The summed E-state index contributed by atoms with van der Waals surface area (Å²) < 4.78 is 79.4. The summed E-state index contributed by atoms with van der Waals surface area (Å²) in [5.74, 6) is -6.23. The van der Waals surface area contributed by atoms with Crippen LogP contribution < -0.4 is 10.1 Å². The zero-order chi connectivity index (χ0) is 32.4. The molecule has 238 valence electrons. The van der Waals surface area contributed by atoms with Crippen LogP contribution in [0.15, 0.2) is 36.8 Å². The fourth-order valence-corrected chi connectivity index (χ4v) is 5.09. The minimum atomic E-state index is -4.70. The van der Waals surface area contributed by atoms with Gasteiger partial charge in [0.05, 0.1) is 18.6 Å². The first kappa shape index (κ1) is 33.0. The molecule has 0 spiro atoms. The number of aromatic nitrogens is 3. The molecule has 1 N–H and O–H groups in total. The Kier molecular flexibility index (Phi) is 9.47. The number of piperidine rings is 1. The highest BCUT2D eigenvalue weighted by Crippen LogP contribution is 2.36. The summed E-state index contributed by atoms with van der Waals surface area (Å²) >= 11 is 1.35. The van der Waals surface area contributed by atoms with Crippen LogP contribution in [0.25, 0.3) is 10.6 Å². The predicted octanol–water partition coefficient (Wildman–Crippen LogP) is 6.69. The lowest BCUT2D eigenvalue weighted by Gasteiger charge is -2.38. The second-order valence-electron chi connectivity index (χ2n) is 11.5. The Hall–Kier alpha value is -3.88. The standard InChI is InChI=1S/C29H32F5N5O4S/c1-16-11-35-24(44-16)19-8-18(23(40)38-17(2)20-12-36-25(37-13-20)29(32,33)34)9-22(10-19)42-15-21-14-39(7-6-28(21,30)31)26(41)43-27(3,4)5/h8-13,17,21H,6-7,14-15H2,1-5H3,(H,38,40). The van der Waals surface area contributed by atoms with Crippen LogP contribution >= 0.6 is 11.3 Å². The van der Waals surface area contributed by atoms with Gasteiger partial charge in [-0.3, -0.25) is 4.79 Å². The summed E-state index contributed by atoms with van der Waals surface area (Å²) in [5.41, 5.74) is 0.0626. The lowest BCUT2D eigenvalue weighted by Crippen LogP contribution is -2.52. The normalized spacial score (nSPS) is 17.6. The van der Waals surface area contributed by atoms with Crippen molar-refractivity contribution >= 4 is 23.3 Å². The molecule has 2 aromatic heterocycles. The zero-order valence-electron chi connectivity index (χ0n) is 24.7. The molecule has 44 heavy (non-hydrogen) atoms. The molecular formula is C29H32F5N5O4S. The van der Waals surface area contributed by atoms with Gasteiger partial charge in [0.15, 0.2) is 0 Å². The van der Waals surface area contributed by atoms with E-state index in [-0.39, 0.29) is 30.0 Å². The second-order valence-corrected chi connectivity index (χ2v) is 12.7. The van der Waals surface area contributed by atoms with Crippen molar-refractivity contribution in [1.82, 2.24) is 25.2 Å². The number of halogens is 5. The van der Waals surface area contributed by atoms with Gasteiger partial charge in [-0.05, 0) is 52.8 Å². The van der Waals surface area contributed by atoms with Crippen LogP contribution in [-0.4, -0.2) is 63.1 Å². The maximum atomic E-state index is 14.9. The molecule has 1 aliphatic heterocycles. The number of nitrogens with zero attached hydrogens (tertiary/aromatic N) is 4. The van der Waals surface area contributed by atoms with Crippen molar-refractivity contribution in [3.05, 3.63) is 58.6 Å². The molecule has 2 amide bonds. The summed E-state index contributed by atoms with van der Waals surface area (Å²) in [4.78, 5) is 38.9. The Labute approximate surface area is 254 Å². The Morgan fingerprint density at radius 3 is 2.39 bits per heavy atom. The summed E-state index contributed by atoms with van der Waals surface area (Å²) in [6.07, 6.45) is -2.34. The van der Waals surface area contributed by atoms with Crippen molar-refractivity contribution in [2.75, 3.05) is 19.7 Å². The summed E-state index contributed by atoms with van der Waals surface area (Å²) in [7, 11) is 0. The SMILES string of the molecule is Cc1cnc(-c2cc(OCC3CN(C(=O)OC(C)(C)C)CCC3(F)F)cc(C(=O)NC(C)c3cnc(C(F)(F)F)nc3)c2)s1. The summed E-state index contributed by atoms with van der Waals surface area (Å²) in [5, 5.41) is 3.25. The number of likely N-dealkylation sites (tertiary alicyclic amines) is 1. The Bertz CT molecular complexity index is 1490. The first-order valence-corrected chi connectivity index (χ1v) is 14.5. The number of amides is 2. The molecule has 4 rings (SSSR count). The number of alkyl halides is 5. The van der Waals surface area contributed by atoms with E-state index in [1.54, 1.807) is 46.0 Å². The lowest BCUT2D eigenvalue weighted by atomic mass is 9.94. The number of carbonyl (C=O) groups excluding carboxylic acids is 2. The zero-order valence-corrected chi connectivity index (χ0v) is 25.5. The van der Waals surface area contributed by atoms with Crippen molar-refractivity contribution in [2.45, 2.75) is 64.8 Å². The van der Waals surface area contributed by atoms with Gasteiger partial charge in [0.1, 0.15) is 16.4 Å². The average molecular weight is 642 g/mol. The van der Waals surface area contributed by atoms with Gasteiger partial charge in [-0.15, -0.1) is 11.3 Å². The average Bonchev–Trinajstić information content (AvgIpc) is 3.37. The van der Waals surface area contributed by atoms with E-state index in [2.05, 4.69) is 20.3 Å². The molecule has 2 unspecified atom stereocenters. The minimum Gasteiger partial charge on any atom is -0.493 e. The number of thiazole rings is 1. The number of benzene rings is 1. The molecule has 1 aromatic carbocycles. The van der Waals surface area contributed by atoms with Crippen LogP contribution in [0.2, 0.25) is 0 Å². The highest BCUT2D eigenvalue weighted by atomic mass is 32.1. The Morgan fingerprint density at radius 1 is 1.11 bits per heavy atom. The molecular weight excluding hydrogens is 609 g/mol. The van der Waals surface area contributed by atoms with Gasteiger partial charge in [-0.1, -0.05) is 0 Å². The van der Waals surface area contributed by atoms with E-state index in [1.165, 1.54) is 22.3 Å². The molecule has 2 atom stereocenters. The van der Waals surface area contributed by atoms with Gasteiger partial charge in [0.25, 0.3) is 11.8 Å². The number of aryl methyl sites for hydroxylation is 1. The third-order valence-corrected chi connectivity index (χ3v) is 7.63. The maximum Gasteiger partial charge on any atom is 0.451 e. The number of hydrogen-bond donors (Lipinski definition) is 1. The largest absolute Gasteiger partial charge is 0.493 e. The van der Waals surface area contributed by atoms with Crippen molar-refractivity contribution in [3.8, 4) is 16.3 Å². The van der Waals surface area contributed by atoms with E-state index in [0.717, 1.165) is 17.3 Å². The molecule has 15 heteroatoms. The molecule has 0 bridgehead atoms.